The lowest BCUT2D eigenvalue weighted by Gasteiger charge is -2.17. The van der Waals surface area contributed by atoms with Crippen LogP contribution in [0.1, 0.15) is 12.8 Å². The Morgan fingerprint density at radius 1 is 1.47 bits per heavy atom. The Labute approximate surface area is 108 Å². The summed E-state index contributed by atoms with van der Waals surface area (Å²) in [5, 5.41) is 21.5. The number of hydrogen-bond acceptors (Lipinski definition) is 7. The van der Waals surface area contributed by atoms with Crippen molar-refractivity contribution >= 4 is 22.4 Å². The van der Waals surface area contributed by atoms with Gasteiger partial charge < -0.3 is 11.1 Å². The van der Waals surface area contributed by atoms with Gasteiger partial charge in [-0.1, -0.05) is 0 Å². The summed E-state index contributed by atoms with van der Waals surface area (Å²) in [5.74, 6) is 0.565. The highest BCUT2D eigenvalue weighted by molar-refractivity contribution is 5.93. The third-order valence-corrected chi connectivity index (χ3v) is 3.38. The fraction of sp³-hybridized carbons (Fsp3) is 0.455. The number of hydrogen-bond donors (Lipinski definition) is 2. The van der Waals surface area contributed by atoms with Gasteiger partial charge in [0.05, 0.1) is 10.6 Å². The van der Waals surface area contributed by atoms with Gasteiger partial charge in [0, 0.05) is 18.7 Å². The molecule has 100 valence electrons. The molecule has 0 aliphatic heterocycles. The molecule has 8 heteroatoms. The first-order chi connectivity index (χ1) is 9.20. The monoisotopic (exact) mass is 263 g/mol. The van der Waals surface area contributed by atoms with E-state index in [2.05, 4.69) is 20.3 Å². The van der Waals surface area contributed by atoms with Gasteiger partial charge in [-0.2, -0.15) is 0 Å². The van der Waals surface area contributed by atoms with Crippen LogP contribution in [0, 0.1) is 16.0 Å². The van der Waals surface area contributed by atoms with Crippen molar-refractivity contribution in [3.8, 4) is 0 Å². The van der Waals surface area contributed by atoms with Crippen LogP contribution in [0.4, 0.5) is 11.4 Å². The topological polar surface area (TPSA) is 120 Å². The molecular weight excluding hydrogens is 250 g/mol. The maximum absolute atomic E-state index is 10.9. The predicted octanol–water partition coefficient (Wildman–Crippen LogP) is 1.28. The van der Waals surface area contributed by atoms with Gasteiger partial charge in [0.2, 0.25) is 5.52 Å². The van der Waals surface area contributed by atoms with Gasteiger partial charge in [-0.15, -0.1) is 0 Å². The fourth-order valence-corrected chi connectivity index (χ4v) is 2.18. The maximum Gasteiger partial charge on any atom is 0.300 e. The molecule has 19 heavy (non-hydrogen) atoms. The smallest absolute Gasteiger partial charge is 0.300 e. The van der Waals surface area contributed by atoms with E-state index in [1.54, 1.807) is 6.07 Å². The van der Waals surface area contributed by atoms with Crippen molar-refractivity contribution in [2.24, 2.45) is 11.7 Å². The summed E-state index contributed by atoms with van der Waals surface area (Å²) in [5.41, 5.74) is 6.81. The van der Waals surface area contributed by atoms with E-state index in [9.17, 15) is 10.1 Å². The van der Waals surface area contributed by atoms with E-state index in [1.807, 2.05) is 0 Å². The molecule has 0 spiro atoms. The molecule has 1 aromatic carbocycles. The van der Waals surface area contributed by atoms with Crippen LogP contribution in [0.3, 0.4) is 0 Å². The molecule has 8 nitrogen and oxygen atoms in total. The molecule has 2 aromatic rings. The minimum Gasteiger partial charge on any atom is -0.379 e. The molecule has 3 N–H and O–H groups in total. The highest BCUT2D eigenvalue weighted by Gasteiger charge is 2.31. The summed E-state index contributed by atoms with van der Waals surface area (Å²) >= 11 is 0. The number of nitro groups is 1. The second-order valence-corrected chi connectivity index (χ2v) is 4.67. The SMILES string of the molecule is NCC(Nc1ccc([N+](=O)[O-])c2nonc12)C1CC1. The van der Waals surface area contributed by atoms with E-state index in [0.717, 1.165) is 12.8 Å². The van der Waals surface area contributed by atoms with E-state index in [4.69, 9.17) is 5.73 Å². The number of nitrogens with zero attached hydrogens (tertiary/aromatic N) is 3. The first kappa shape index (κ1) is 11.8. The Hall–Kier alpha value is -2.22. The highest BCUT2D eigenvalue weighted by Crippen LogP contribution is 2.35. The lowest BCUT2D eigenvalue weighted by atomic mass is 10.1. The zero-order valence-electron chi connectivity index (χ0n) is 10.1. The molecule has 0 saturated heterocycles. The minimum absolute atomic E-state index is 0.113. The molecule has 3 rings (SSSR count). The van der Waals surface area contributed by atoms with Gasteiger partial charge in [0.1, 0.15) is 0 Å². The third kappa shape index (κ3) is 2.10. The first-order valence-electron chi connectivity index (χ1n) is 6.07. The van der Waals surface area contributed by atoms with Crippen LogP contribution in [0.25, 0.3) is 11.0 Å². The van der Waals surface area contributed by atoms with Crippen LogP contribution >= 0.6 is 0 Å². The summed E-state index contributed by atoms with van der Waals surface area (Å²) in [6, 6.07) is 3.17. The lowest BCUT2D eigenvalue weighted by molar-refractivity contribution is -0.383. The van der Waals surface area contributed by atoms with Crippen LogP contribution in [0.5, 0.6) is 0 Å². The van der Waals surface area contributed by atoms with Gasteiger partial charge >= 0.3 is 5.69 Å². The summed E-state index contributed by atoms with van der Waals surface area (Å²) < 4.78 is 4.61. The average molecular weight is 263 g/mol. The first-order valence-corrected chi connectivity index (χ1v) is 6.07. The molecule has 1 fully saturated rings. The number of rotatable bonds is 5. The quantitative estimate of drug-likeness (QED) is 0.615. The fourth-order valence-electron chi connectivity index (χ4n) is 2.18. The van der Waals surface area contributed by atoms with E-state index in [0.29, 0.717) is 23.7 Å². The number of nitro benzene ring substituents is 1. The number of benzene rings is 1. The summed E-state index contributed by atoms with van der Waals surface area (Å²) in [6.07, 6.45) is 2.31. The zero-order chi connectivity index (χ0) is 13.4. The molecule has 0 radical (unpaired) electrons. The molecule has 0 amide bonds. The van der Waals surface area contributed by atoms with Crippen molar-refractivity contribution in [3.63, 3.8) is 0 Å². The van der Waals surface area contributed by atoms with Gasteiger partial charge in [-0.3, -0.25) is 10.1 Å². The van der Waals surface area contributed by atoms with Crippen molar-refractivity contribution in [1.29, 1.82) is 0 Å². The standard InChI is InChI=1S/C11H13N5O3/c12-5-8(6-1-2-6)13-7-3-4-9(16(17)18)11-10(7)14-19-15-11/h3-4,6,8,13H,1-2,5,12H2. The largest absolute Gasteiger partial charge is 0.379 e. The Morgan fingerprint density at radius 3 is 2.84 bits per heavy atom. The molecule has 1 atom stereocenters. The Bertz CT molecular complexity index is 622. The van der Waals surface area contributed by atoms with Crippen molar-refractivity contribution in [1.82, 2.24) is 10.3 Å². The second-order valence-electron chi connectivity index (χ2n) is 4.67. The molecule has 1 heterocycles. The summed E-state index contributed by atoms with van der Waals surface area (Å²) in [7, 11) is 0. The van der Waals surface area contributed by atoms with Crippen LogP contribution in [0.15, 0.2) is 16.8 Å². The third-order valence-electron chi connectivity index (χ3n) is 3.38. The second kappa shape index (κ2) is 4.47. The van der Waals surface area contributed by atoms with Crippen molar-refractivity contribution in [3.05, 3.63) is 22.2 Å². The van der Waals surface area contributed by atoms with Crippen molar-refractivity contribution in [2.45, 2.75) is 18.9 Å². The van der Waals surface area contributed by atoms with Crippen LogP contribution in [-0.2, 0) is 0 Å². The van der Waals surface area contributed by atoms with Crippen LogP contribution in [0.2, 0.25) is 0 Å². The van der Waals surface area contributed by atoms with Gasteiger partial charge in [0.15, 0.2) is 5.52 Å². The van der Waals surface area contributed by atoms with Crippen LogP contribution in [-0.4, -0.2) is 27.8 Å². The molecule has 1 aromatic heterocycles. The van der Waals surface area contributed by atoms with Gasteiger partial charge in [0.25, 0.3) is 0 Å². The average Bonchev–Trinajstić information content (AvgIpc) is 3.11. The highest BCUT2D eigenvalue weighted by atomic mass is 16.6. The van der Waals surface area contributed by atoms with Crippen molar-refractivity contribution < 1.29 is 9.55 Å². The number of anilines is 1. The normalized spacial score (nSPS) is 16.5. The number of aromatic nitrogens is 2. The number of non-ortho nitro benzene ring substituents is 1. The molecule has 0 bridgehead atoms. The Balaban J connectivity index is 1.98. The molecule has 1 aliphatic rings. The Morgan fingerprint density at radius 2 is 2.21 bits per heavy atom. The number of nitrogens with one attached hydrogen (secondary N) is 1. The number of nitrogens with two attached hydrogens (primary N) is 1. The van der Waals surface area contributed by atoms with Gasteiger partial charge in [-0.25, -0.2) is 4.63 Å². The van der Waals surface area contributed by atoms with E-state index in [1.165, 1.54) is 6.07 Å². The molecule has 1 unspecified atom stereocenters. The van der Waals surface area contributed by atoms with Crippen molar-refractivity contribution in [2.75, 3.05) is 11.9 Å². The van der Waals surface area contributed by atoms with E-state index < -0.39 is 4.92 Å². The molecule has 1 saturated carbocycles. The minimum atomic E-state index is -0.502. The molecular formula is C11H13N5O3. The predicted molar refractivity (Wildman–Crippen MR) is 67.6 cm³/mol. The molecule has 1 aliphatic carbocycles. The van der Waals surface area contributed by atoms with E-state index >= 15 is 0 Å². The zero-order valence-corrected chi connectivity index (χ0v) is 10.1. The summed E-state index contributed by atoms with van der Waals surface area (Å²) in [6.45, 7) is 0.508. The van der Waals surface area contributed by atoms with E-state index in [-0.39, 0.29) is 17.2 Å². The van der Waals surface area contributed by atoms with Crippen LogP contribution < -0.4 is 11.1 Å². The van der Waals surface area contributed by atoms with Gasteiger partial charge in [-0.05, 0) is 35.1 Å². The number of fused-ring (bicyclic) bond motifs is 1. The summed E-state index contributed by atoms with van der Waals surface area (Å²) in [4.78, 5) is 10.4. The lowest BCUT2D eigenvalue weighted by Crippen LogP contribution is -2.30. The maximum atomic E-state index is 10.9. The Kier molecular flexibility index (Phi) is 2.79.